The van der Waals surface area contributed by atoms with Crippen molar-refractivity contribution in [3.05, 3.63) is 28.2 Å². The molecule has 1 aliphatic rings. The van der Waals surface area contributed by atoms with Gasteiger partial charge in [0.2, 0.25) is 0 Å². The minimum atomic E-state index is 0.162. The smallest absolute Gasteiger partial charge is 0.0221 e. The molecule has 1 nitrogen and oxygen atoms in total. The van der Waals surface area contributed by atoms with Crippen LogP contribution in [-0.2, 0) is 6.54 Å². The summed E-state index contributed by atoms with van der Waals surface area (Å²) in [7, 11) is 0. The van der Waals surface area contributed by atoms with E-state index in [0.717, 1.165) is 11.8 Å². The fourth-order valence-corrected chi connectivity index (χ4v) is 4.29. The van der Waals surface area contributed by atoms with Gasteiger partial charge in [-0.1, -0.05) is 35.2 Å². The van der Waals surface area contributed by atoms with E-state index in [1.807, 2.05) is 0 Å². The number of rotatable bonds is 4. The van der Waals surface area contributed by atoms with Gasteiger partial charge in [-0.25, -0.2) is 0 Å². The lowest BCUT2D eigenvalue weighted by molar-refractivity contribution is 0.422. The molecule has 1 aromatic rings. The lowest BCUT2D eigenvalue weighted by atomic mass is 10.0. The second-order valence-electron chi connectivity index (χ2n) is 6.73. The van der Waals surface area contributed by atoms with Crippen molar-refractivity contribution in [2.24, 2.45) is 0 Å². The molecule has 1 fully saturated rings. The van der Waals surface area contributed by atoms with Crippen molar-refractivity contribution in [2.45, 2.75) is 75.1 Å². The summed E-state index contributed by atoms with van der Waals surface area (Å²) < 4.78 is 1.18. The minimum absolute atomic E-state index is 0.162. The van der Waals surface area contributed by atoms with Gasteiger partial charge in [-0.3, -0.25) is 0 Å². The van der Waals surface area contributed by atoms with Crippen molar-refractivity contribution < 1.29 is 0 Å². The van der Waals surface area contributed by atoms with Crippen LogP contribution in [-0.4, -0.2) is 10.8 Å². The third-order valence-corrected chi connectivity index (χ3v) is 5.63. The van der Waals surface area contributed by atoms with E-state index < -0.39 is 0 Å². The standard InChI is InChI=1S/C17H26BrNS/c1-17(2,3)19-12-13-11-14(18)9-10-16(13)20-15-7-5-4-6-8-15/h9-11,15,19H,4-8,12H2,1-3H3. The lowest BCUT2D eigenvalue weighted by Gasteiger charge is -2.24. The summed E-state index contributed by atoms with van der Waals surface area (Å²) in [5, 5.41) is 4.43. The first kappa shape index (κ1) is 16.4. The molecule has 2 rings (SSSR count). The first-order valence-electron chi connectivity index (χ1n) is 7.64. The van der Waals surface area contributed by atoms with Gasteiger partial charge >= 0.3 is 0 Å². The van der Waals surface area contributed by atoms with E-state index in [0.29, 0.717) is 0 Å². The SMILES string of the molecule is CC(C)(C)NCc1cc(Br)ccc1SC1CCCCC1. The largest absolute Gasteiger partial charge is 0.308 e. The third-order valence-electron chi connectivity index (χ3n) is 3.68. The van der Waals surface area contributed by atoms with Gasteiger partial charge in [0, 0.05) is 26.7 Å². The number of hydrogen-bond donors (Lipinski definition) is 1. The molecule has 0 bridgehead atoms. The molecule has 0 radical (unpaired) electrons. The Labute approximate surface area is 136 Å². The average molecular weight is 356 g/mol. The highest BCUT2D eigenvalue weighted by Crippen LogP contribution is 2.36. The van der Waals surface area contributed by atoms with Gasteiger partial charge < -0.3 is 5.32 Å². The Kier molecular flexibility index (Phi) is 6.00. The quantitative estimate of drug-likeness (QED) is 0.736. The normalized spacial score (nSPS) is 17.4. The highest BCUT2D eigenvalue weighted by Gasteiger charge is 2.17. The molecule has 3 heteroatoms. The molecule has 1 aliphatic carbocycles. The van der Waals surface area contributed by atoms with E-state index in [4.69, 9.17) is 0 Å². The van der Waals surface area contributed by atoms with Crippen molar-refractivity contribution in [1.29, 1.82) is 0 Å². The van der Waals surface area contributed by atoms with E-state index in [1.165, 1.54) is 47.0 Å². The van der Waals surface area contributed by atoms with Crippen LogP contribution in [0.15, 0.2) is 27.6 Å². The van der Waals surface area contributed by atoms with Gasteiger partial charge in [0.25, 0.3) is 0 Å². The molecule has 0 spiro atoms. The summed E-state index contributed by atoms with van der Waals surface area (Å²) in [5.41, 5.74) is 1.58. The Bertz CT molecular complexity index is 433. The summed E-state index contributed by atoms with van der Waals surface area (Å²) in [5.74, 6) is 0. The van der Waals surface area contributed by atoms with E-state index in [9.17, 15) is 0 Å². The number of halogens is 1. The van der Waals surface area contributed by atoms with Gasteiger partial charge in [-0.05, 0) is 57.4 Å². The lowest BCUT2D eigenvalue weighted by Crippen LogP contribution is -2.35. The average Bonchev–Trinajstić information content (AvgIpc) is 2.39. The zero-order valence-corrected chi connectivity index (χ0v) is 15.2. The molecular formula is C17H26BrNS. The van der Waals surface area contributed by atoms with Crippen LogP contribution in [0.3, 0.4) is 0 Å². The van der Waals surface area contributed by atoms with Crippen LogP contribution >= 0.6 is 27.7 Å². The Morgan fingerprint density at radius 2 is 1.90 bits per heavy atom. The number of thioether (sulfide) groups is 1. The first-order chi connectivity index (χ1) is 9.44. The van der Waals surface area contributed by atoms with Gasteiger partial charge in [-0.15, -0.1) is 11.8 Å². The molecule has 0 heterocycles. The topological polar surface area (TPSA) is 12.0 Å². The molecular weight excluding hydrogens is 330 g/mol. The molecule has 1 aromatic carbocycles. The molecule has 20 heavy (non-hydrogen) atoms. The fraction of sp³-hybridized carbons (Fsp3) is 0.647. The minimum Gasteiger partial charge on any atom is -0.308 e. The maximum absolute atomic E-state index is 3.61. The van der Waals surface area contributed by atoms with Crippen LogP contribution in [0.4, 0.5) is 0 Å². The molecule has 0 atom stereocenters. The van der Waals surface area contributed by atoms with Crippen LogP contribution in [0.25, 0.3) is 0 Å². The third kappa shape index (κ3) is 5.42. The molecule has 1 saturated carbocycles. The number of hydrogen-bond acceptors (Lipinski definition) is 2. The second-order valence-corrected chi connectivity index (χ2v) is 8.99. The molecule has 112 valence electrons. The first-order valence-corrected chi connectivity index (χ1v) is 9.31. The molecule has 0 saturated heterocycles. The highest BCUT2D eigenvalue weighted by molar-refractivity contribution is 9.10. The van der Waals surface area contributed by atoms with Crippen LogP contribution in [0.1, 0.15) is 58.4 Å². The van der Waals surface area contributed by atoms with Gasteiger partial charge in [0.05, 0.1) is 0 Å². The Morgan fingerprint density at radius 1 is 1.20 bits per heavy atom. The zero-order valence-electron chi connectivity index (χ0n) is 12.8. The van der Waals surface area contributed by atoms with Gasteiger partial charge in [0.1, 0.15) is 0 Å². The Balaban J connectivity index is 2.06. The summed E-state index contributed by atoms with van der Waals surface area (Å²) in [6.45, 7) is 7.61. The van der Waals surface area contributed by atoms with Crippen molar-refractivity contribution in [1.82, 2.24) is 5.32 Å². The van der Waals surface area contributed by atoms with Gasteiger partial charge in [0.15, 0.2) is 0 Å². The van der Waals surface area contributed by atoms with E-state index in [1.54, 1.807) is 0 Å². The van der Waals surface area contributed by atoms with Crippen LogP contribution in [0.2, 0.25) is 0 Å². The maximum atomic E-state index is 3.61. The fourth-order valence-electron chi connectivity index (χ4n) is 2.52. The van der Waals surface area contributed by atoms with Gasteiger partial charge in [-0.2, -0.15) is 0 Å². The maximum Gasteiger partial charge on any atom is 0.0221 e. The number of nitrogens with one attached hydrogen (secondary N) is 1. The predicted octanol–water partition coefficient (Wildman–Crippen LogP) is 5.76. The molecule has 1 N–H and O–H groups in total. The summed E-state index contributed by atoms with van der Waals surface area (Å²) >= 11 is 5.69. The van der Waals surface area contributed by atoms with Crippen molar-refractivity contribution >= 4 is 27.7 Å². The highest BCUT2D eigenvalue weighted by atomic mass is 79.9. The van der Waals surface area contributed by atoms with Crippen molar-refractivity contribution in [3.8, 4) is 0 Å². The summed E-state index contributed by atoms with van der Waals surface area (Å²) in [6.07, 6.45) is 7.00. The Morgan fingerprint density at radius 3 is 2.55 bits per heavy atom. The molecule has 0 unspecified atom stereocenters. The van der Waals surface area contributed by atoms with E-state index >= 15 is 0 Å². The number of benzene rings is 1. The van der Waals surface area contributed by atoms with E-state index in [2.05, 4.69) is 72.0 Å². The zero-order chi connectivity index (χ0) is 14.6. The van der Waals surface area contributed by atoms with Crippen LogP contribution < -0.4 is 5.32 Å². The summed E-state index contributed by atoms with van der Waals surface area (Å²) in [6, 6.07) is 6.72. The molecule has 0 aliphatic heterocycles. The Hall–Kier alpha value is 0.01000. The van der Waals surface area contributed by atoms with Crippen LogP contribution in [0, 0.1) is 0 Å². The predicted molar refractivity (Wildman–Crippen MR) is 93.5 cm³/mol. The van der Waals surface area contributed by atoms with Crippen molar-refractivity contribution in [2.75, 3.05) is 0 Å². The molecule has 0 amide bonds. The molecule has 0 aromatic heterocycles. The summed E-state index contributed by atoms with van der Waals surface area (Å²) in [4.78, 5) is 1.46. The second kappa shape index (κ2) is 7.33. The monoisotopic (exact) mass is 355 g/mol. The van der Waals surface area contributed by atoms with Crippen LogP contribution in [0.5, 0.6) is 0 Å². The van der Waals surface area contributed by atoms with Crippen molar-refractivity contribution in [3.63, 3.8) is 0 Å². The van der Waals surface area contributed by atoms with E-state index in [-0.39, 0.29) is 5.54 Å².